The lowest BCUT2D eigenvalue weighted by Crippen LogP contribution is -2.36. The van der Waals surface area contributed by atoms with Crippen molar-refractivity contribution in [1.82, 2.24) is 9.21 Å². The van der Waals surface area contributed by atoms with Crippen molar-refractivity contribution < 1.29 is 17.6 Å². The second-order valence-electron chi connectivity index (χ2n) is 7.81. The van der Waals surface area contributed by atoms with Crippen molar-refractivity contribution in [3.05, 3.63) is 59.4 Å². The van der Waals surface area contributed by atoms with Crippen LogP contribution < -0.4 is 5.32 Å². The number of sulfonamides is 1. The lowest BCUT2D eigenvalue weighted by Gasteiger charge is -2.26. The number of halogens is 1. The standard InChI is InChI=1S/C22H28FN3O3S/c1-25(2)15-12-17-6-9-19(10-7-17)24-22(27)18-8-11-20(23)21(16-18)30(28,29)26-13-4-3-5-14-26/h6-11,16H,3-5,12-15H2,1-2H3,(H,24,27). The van der Waals surface area contributed by atoms with Crippen LogP contribution in [0.3, 0.4) is 0 Å². The van der Waals surface area contributed by atoms with E-state index in [4.69, 9.17) is 0 Å². The Morgan fingerprint density at radius 3 is 2.37 bits per heavy atom. The molecule has 30 heavy (non-hydrogen) atoms. The van der Waals surface area contributed by atoms with Gasteiger partial charge in [0, 0.05) is 30.9 Å². The molecule has 0 aliphatic carbocycles. The number of amides is 1. The minimum absolute atomic E-state index is 0.101. The maximum atomic E-state index is 14.3. The Labute approximate surface area is 177 Å². The minimum atomic E-state index is -3.97. The zero-order valence-corrected chi connectivity index (χ0v) is 18.2. The average Bonchev–Trinajstić information content (AvgIpc) is 2.74. The van der Waals surface area contributed by atoms with Crippen molar-refractivity contribution >= 4 is 21.6 Å². The normalized spacial score (nSPS) is 15.3. The highest BCUT2D eigenvalue weighted by atomic mass is 32.2. The quantitative estimate of drug-likeness (QED) is 0.727. The maximum Gasteiger partial charge on any atom is 0.255 e. The molecule has 1 aliphatic heterocycles. The molecule has 0 spiro atoms. The summed E-state index contributed by atoms with van der Waals surface area (Å²) in [5.41, 5.74) is 1.85. The Morgan fingerprint density at radius 2 is 1.73 bits per heavy atom. The summed E-state index contributed by atoms with van der Waals surface area (Å²) in [6.07, 6.45) is 3.37. The van der Waals surface area contributed by atoms with Gasteiger partial charge in [-0.05, 0) is 69.3 Å². The molecule has 0 radical (unpaired) electrons. The number of hydrogen-bond donors (Lipinski definition) is 1. The molecule has 1 heterocycles. The number of rotatable bonds is 7. The molecule has 1 aliphatic rings. The van der Waals surface area contributed by atoms with Crippen LogP contribution in [0.5, 0.6) is 0 Å². The number of anilines is 1. The number of nitrogens with one attached hydrogen (secondary N) is 1. The van der Waals surface area contributed by atoms with Crippen molar-refractivity contribution in [2.24, 2.45) is 0 Å². The van der Waals surface area contributed by atoms with Crippen LogP contribution in [0.2, 0.25) is 0 Å². The van der Waals surface area contributed by atoms with Gasteiger partial charge in [0.15, 0.2) is 0 Å². The van der Waals surface area contributed by atoms with Crippen LogP contribution in [-0.2, 0) is 16.4 Å². The van der Waals surface area contributed by atoms with Gasteiger partial charge in [-0.15, -0.1) is 0 Å². The molecule has 6 nitrogen and oxygen atoms in total. The van der Waals surface area contributed by atoms with Crippen LogP contribution >= 0.6 is 0 Å². The zero-order valence-electron chi connectivity index (χ0n) is 17.4. The van der Waals surface area contributed by atoms with E-state index in [2.05, 4.69) is 10.2 Å². The molecule has 3 rings (SSSR count). The van der Waals surface area contributed by atoms with E-state index >= 15 is 0 Å². The zero-order chi connectivity index (χ0) is 21.7. The maximum absolute atomic E-state index is 14.3. The molecule has 0 unspecified atom stereocenters. The van der Waals surface area contributed by atoms with Gasteiger partial charge in [0.05, 0.1) is 0 Å². The van der Waals surface area contributed by atoms with Gasteiger partial charge in [0.2, 0.25) is 10.0 Å². The second kappa shape index (κ2) is 9.68. The van der Waals surface area contributed by atoms with Crippen LogP contribution in [-0.4, -0.2) is 57.3 Å². The first-order chi connectivity index (χ1) is 14.3. The first kappa shape index (κ1) is 22.4. The molecule has 1 fully saturated rings. The van der Waals surface area contributed by atoms with E-state index in [0.717, 1.165) is 49.9 Å². The summed E-state index contributed by atoms with van der Waals surface area (Å²) in [6, 6.07) is 10.9. The van der Waals surface area contributed by atoms with E-state index in [0.29, 0.717) is 18.8 Å². The monoisotopic (exact) mass is 433 g/mol. The summed E-state index contributed by atoms with van der Waals surface area (Å²) in [6.45, 7) is 1.67. The third kappa shape index (κ3) is 5.44. The highest BCUT2D eigenvalue weighted by molar-refractivity contribution is 7.89. The smallest absolute Gasteiger partial charge is 0.255 e. The molecule has 1 N–H and O–H groups in total. The fourth-order valence-corrected chi connectivity index (χ4v) is 5.00. The number of nitrogens with zero attached hydrogens (tertiary/aromatic N) is 2. The third-order valence-electron chi connectivity index (χ3n) is 5.19. The third-order valence-corrected chi connectivity index (χ3v) is 7.10. The van der Waals surface area contributed by atoms with E-state index in [1.807, 2.05) is 26.2 Å². The first-order valence-corrected chi connectivity index (χ1v) is 11.6. The molecule has 1 amide bonds. The topological polar surface area (TPSA) is 69.7 Å². The molecular weight excluding hydrogens is 405 g/mol. The summed E-state index contributed by atoms with van der Waals surface area (Å²) in [4.78, 5) is 14.3. The first-order valence-electron chi connectivity index (χ1n) is 10.1. The Bertz CT molecular complexity index is 985. The van der Waals surface area contributed by atoms with Gasteiger partial charge < -0.3 is 10.2 Å². The lowest BCUT2D eigenvalue weighted by molar-refractivity contribution is 0.102. The Kier molecular flexibility index (Phi) is 7.23. The fraction of sp³-hybridized carbons (Fsp3) is 0.409. The second-order valence-corrected chi connectivity index (χ2v) is 9.72. The van der Waals surface area contributed by atoms with E-state index in [1.54, 1.807) is 12.1 Å². The van der Waals surface area contributed by atoms with E-state index < -0.39 is 26.6 Å². The summed E-state index contributed by atoms with van der Waals surface area (Å²) < 4.78 is 41.3. The van der Waals surface area contributed by atoms with Gasteiger partial charge in [-0.2, -0.15) is 4.31 Å². The highest BCUT2D eigenvalue weighted by Crippen LogP contribution is 2.24. The number of carbonyl (C=O) groups is 1. The number of carbonyl (C=O) groups excluding carboxylic acids is 1. The van der Waals surface area contributed by atoms with Gasteiger partial charge in [0.1, 0.15) is 10.7 Å². The molecule has 0 saturated carbocycles. The van der Waals surface area contributed by atoms with Crippen LogP contribution in [0.4, 0.5) is 10.1 Å². The van der Waals surface area contributed by atoms with E-state index in [-0.39, 0.29) is 5.56 Å². The molecule has 2 aromatic carbocycles. The lowest BCUT2D eigenvalue weighted by atomic mass is 10.1. The molecule has 0 bridgehead atoms. The number of hydrogen-bond acceptors (Lipinski definition) is 4. The summed E-state index contributed by atoms with van der Waals surface area (Å²) in [5, 5.41) is 2.75. The van der Waals surface area contributed by atoms with Crippen LogP contribution in [0.15, 0.2) is 47.4 Å². The average molecular weight is 434 g/mol. The molecular formula is C22H28FN3O3S. The van der Waals surface area contributed by atoms with Crippen molar-refractivity contribution in [3.8, 4) is 0 Å². The van der Waals surface area contributed by atoms with Crippen molar-refractivity contribution in [1.29, 1.82) is 0 Å². The molecule has 8 heteroatoms. The largest absolute Gasteiger partial charge is 0.322 e. The van der Waals surface area contributed by atoms with Crippen LogP contribution in [0.25, 0.3) is 0 Å². The van der Waals surface area contributed by atoms with E-state index in [9.17, 15) is 17.6 Å². The fourth-order valence-electron chi connectivity index (χ4n) is 3.40. The summed E-state index contributed by atoms with van der Waals surface area (Å²) >= 11 is 0. The SMILES string of the molecule is CN(C)CCc1ccc(NC(=O)c2ccc(F)c(S(=O)(=O)N3CCCCC3)c2)cc1. The van der Waals surface area contributed by atoms with Gasteiger partial charge in [-0.25, -0.2) is 12.8 Å². The van der Waals surface area contributed by atoms with Gasteiger partial charge in [0.25, 0.3) is 5.91 Å². The van der Waals surface area contributed by atoms with Crippen molar-refractivity contribution in [3.63, 3.8) is 0 Å². The minimum Gasteiger partial charge on any atom is -0.322 e. The van der Waals surface area contributed by atoms with Gasteiger partial charge >= 0.3 is 0 Å². The van der Waals surface area contributed by atoms with Crippen LogP contribution in [0.1, 0.15) is 35.2 Å². The van der Waals surface area contributed by atoms with E-state index in [1.165, 1.54) is 10.4 Å². The molecule has 162 valence electrons. The number of likely N-dealkylation sites (N-methyl/N-ethyl adjacent to an activating group) is 1. The molecule has 2 aromatic rings. The van der Waals surface area contributed by atoms with Gasteiger partial charge in [-0.1, -0.05) is 18.6 Å². The predicted octanol–water partition coefficient (Wildman–Crippen LogP) is 3.36. The van der Waals surface area contributed by atoms with Gasteiger partial charge in [-0.3, -0.25) is 4.79 Å². The molecule has 1 saturated heterocycles. The van der Waals surface area contributed by atoms with Crippen molar-refractivity contribution in [2.75, 3.05) is 39.0 Å². The number of benzene rings is 2. The van der Waals surface area contributed by atoms with Crippen LogP contribution in [0, 0.1) is 5.82 Å². The Morgan fingerprint density at radius 1 is 1.07 bits per heavy atom. The van der Waals surface area contributed by atoms with Crippen molar-refractivity contribution in [2.45, 2.75) is 30.6 Å². The number of piperidine rings is 1. The molecule has 0 atom stereocenters. The molecule has 0 aromatic heterocycles. The summed E-state index contributed by atoms with van der Waals surface area (Å²) in [7, 11) is 0.0556. The summed E-state index contributed by atoms with van der Waals surface area (Å²) in [5.74, 6) is -1.33. The Balaban J connectivity index is 1.74. The predicted molar refractivity (Wildman–Crippen MR) is 116 cm³/mol. The highest BCUT2D eigenvalue weighted by Gasteiger charge is 2.29. The Hall–Kier alpha value is -2.29.